The van der Waals surface area contributed by atoms with Crippen LogP contribution in [0, 0.1) is 5.92 Å². The summed E-state index contributed by atoms with van der Waals surface area (Å²) in [7, 11) is 1.66. The Morgan fingerprint density at radius 3 is 2.33 bits per heavy atom. The molecule has 0 aliphatic carbocycles. The number of hydrogen-bond donors (Lipinski definition) is 3. The van der Waals surface area contributed by atoms with Crippen LogP contribution in [0.1, 0.15) is 56.7 Å². The lowest BCUT2D eigenvalue weighted by Crippen LogP contribution is -2.50. The van der Waals surface area contributed by atoms with E-state index in [1.54, 1.807) is 7.11 Å². The molecule has 2 unspecified atom stereocenters. The summed E-state index contributed by atoms with van der Waals surface area (Å²) in [5.41, 5.74) is 3.47. The zero-order chi connectivity index (χ0) is 34.8. The van der Waals surface area contributed by atoms with E-state index in [0.717, 1.165) is 50.5 Å². The van der Waals surface area contributed by atoms with Gasteiger partial charge in [0.05, 0.1) is 13.5 Å². The van der Waals surface area contributed by atoms with Gasteiger partial charge in [-0.2, -0.15) is 0 Å². The van der Waals surface area contributed by atoms with Crippen LogP contribution in [-0.2, 0) is 38.4 Å². The number of H-pyrrole nitrogens is 1. The van der Waals surface area contributed by atoms with Crippen LogP contribution in [0.25, 0.3) is 21.7 Å². The first-order valence-electron chi connectivity index (χ1n) is 17.0. The van der Waals surface area contributed by atoms with Crippen LogP contribution in [0.2, 0.25) is 0 Å². The van der Waals surface area contributed by atoms with Crippen molar-refractivity contribution in [3.05, 3.63) is 114 Å². The lowest BCUT2D eigenvalue weighted by molar-refractivity contribution is -0.157. The van der Waals surface area contributed by atoms with Crippen molar-refractivity contribution in [3.8, 4) is 5.75 Å². The van der Waals surface area contributed by atoms with Gasteiger partial charge in [-0.3, -0.25) is 14.4 Å². The van der Waals surface area contributed by atoms with E-state index < -0.39 is 23.5 Å². The van der Waals surface area contributed by atoms with Gasteiger partial charge in [0.1, 0.15) is 17.4 Å². The van der Waals surface area contributed by atoms with E-state index in [2.05, 4.69) is 33.8 Å². The molecule has 0 saturated carbocycles. The average Bonchev–Trinajstić information content (AvgIpc) is 3.49. The zero-order valence-corrected chi connectivity index (χ0v) is 28.9. The van der Waals surface area contributed by atoms with Crippen molar-refractivity contribution < 1.29 is 23.9 Å². The topological polar surface area (TPSA) is 110 Å². The highest BCUT2D eigenvalue weighted by Gasteiger charge is 2.29. The third-order valence-corrected chi connectivity index (χ3v) is 8.62. The fourth-order valence-corrected chi connectivity index (χ4v) is 6.14. The van der Waals surface area contributed by atoms with E-state index >= 15 is 0 Å². The molecule has 0 saturated heterocycles. The van der Waals surface area contributed by atoms with Gasteiger partial charge in [-0.1, -0.05) is 72.8 Å². The molecule has 49 heavy (non-hydrogen) atoms. The first-order chi connectivity index (χ1) is 23.6. The second-order valence-corrected chi connectivity index (χ2v) is 13.6. The van der Waals surface area contributed by atoms with Gasteiger partial charge in [-0.05, 0) is 92.1 Å². The van der Waals surface area contributed by atoms with E-state index in [1.807, 2.05) is 99.8 Å². The third kappa shape index (κ3) is 10.2. The Labute approximate surface area is 288 Å². The van der Waals surface area contributed by atoms with Crippen molar-refractivity contribution in [3.63, 3.8) is 0 Å². The molecule has 4 aromatic carbocycles. The highest BCUT2D eigenvalue weighted by atomic mass is 16.6. The summed E-state index contributed by atoms with van der Waals surface area (Å²) < 4.78 is 11.0. The number of hydrogen-bond acceptors (Lipinski definition) is 5. The van der Waals surface area contributed by atoms with Crippen LogP contribution < -0.4 is 15.4 Å². The van der Waals surface area contributed by atoms with Crippen molar-refractivity contribution in [1.82, 2.24) is 15.6 Å². The van der Waals surface area contributed by atoms with E-state index in [4.69, 9.17) is 9.47 Å². The molecule has 256 valence electrons. The number of para-hydroxylation sites is 1. The molecule has 0 aliphatic heterocycles. The number of nitrogens with one attached hydrogen (secondary N) is 3. The summed E-state index contributed by atoms with van der Waals surface area (Å²) in [4.78, 5) is 44.0. The number of aromatic amines is 1. The number of benzene rings is 4. The average molecular weight is 662 g/mol. The molecule has 2 amide bonds. The fraction of sp³-hybridized carbons (Fsp3) is 0.341. The standard InChI is InChI=1S/C41H47N3O5/c1-41(2,3)49-38(45)26-32(14-10-13-29-17-18-31-24-34(48-4)20-19-30(31)23-29)39(46)44-37(25-33-27-43-36-16-9-8-15-35(33)36)40(47)42-22-21-28-11-6-5-7-12-28/h5-9,11-12,15-20,23-24,27,32,37,43H,10,13-14,21-22,25-26H2,1-4H3,(H,42,47)(H,44,46). The minimum absolute atomic E-state index is 0.0734. The molecule has 0 fully saturated rings. The van der Waals surface area contributed by atoms with Gasteiger partial charge >= 0.3 is 5.97 Å². The minimum Gasteiger partial charge on any atom is -0.497 e. The molecule has 8 heteroatoms. The van der Waals surface area contributed by atoms with Crippen LogP contribution in [0.4, 0.5) is 0 Å². The van der Waals surface area contributed by atoms with Crippen molar-refractivity contribution in [2.75, 3.05) is 13.7 Å². The van der Waals surface area contributed by atoms with Crippen LogP contribution in [0.5, 0.6) is 5.75 Å². The van der Waals surface area contributed by atoms with Crippen LogP contribution in [-0.4, -0.2) is 48.1 Å². The second kappa shape index (κ2) is 16.3. The first kappa shape index (κ1) is 35.2. The molecule has 0 radical (unpaired) electrons. The number of fused-ring (bicyclic) bond motifs is 2. The van der Waals surface area contributed by atoms with E-state index in [-0.39, 0.29) is 18.2 Å². The number of esters is 1. The van der Waals surface area contributed by atoms with Gasteiger partial charge in [-0.15, -0.1) is 0 Å². The number of methoxy groups -OCH3 is 1. The minimum atomic E-state index is -0.832. The van der Waals surface area contributed by atoms with Crippen molar-refractivity contribution >= 4 is 39.5 Å². The second-order valence-electron chi connectivity index (χ2n) is 13.6. The lowest BCUT2D eigenvalue weighted by atomic mass is 9.94. The molecule has 5 rings (SSSR count). The van der Waals surface area contributed by atoms with Crippen molar-refractivity contribution in [2.45, 2.75) is 70.9 Å². The molecule has 0 bridgehead atoms. The maximum absolute atomic E-state index is 14.0. The van der Waals surface area contributed by atoms with Gasteiger partial charge < -0.3 is 25.1 Å². The number of amides is 2. The number of rotatable bonds is 15. The summed E-state index contributed by atoms with van der Waals surface area (Å²) in [6.45, 7) is 5.87. The Bertz CT molecular complexity index is 1880. The predicted molar refractivity (Wildman–Crippen MR) is 194 cm³/mol. The summed E-state index contributed by atoms with van der Waals surface area (Å²) in [5, 5.41) is 9.27. The lowest BCUT2D eigenvalue weighted by Gasteiger charge is -2.24. The highest BCUT2D eigenvalue weighted by Crippen LogP contribution is 2.24. The summed E-state index contributed by atoms with van der Waals surface area (Å²) in [6.07, 6.45) is 4.66. The maximum atomic E-state index is 14.0. The van der Waals surface area contributed by atoms with Crippen LogP contribution in [0.3, 0.4) is 0 Å². The highest BCUT2D eigenvalue weighted by molar-refractivity contribution is 5.91. The van der Waals surface area contributed by atoms with Crippen molar-refractivity contribution in [2.24, 2.45) is 5.92 Å². The monoisotopic (exact) mass is 661 g/mol. The summed E-state index contributed by atoms with van der Waals surface area (Å²) >= 11 is 0. The first-order valence-corrected chi connectivity index (χ1v) is 17.0. The Morgan fingerprint density at radius 2 is 1.55 bits per heavy atom. The van der Waals surface area contributed by atoms with Crippen LogP contribution >= 0.6 is 0 Å². The Kier molecular flexibility index (Phi) is 11.7. The number of carbonyl (C=O) groups is 3. The fourth-order valence-electron chi connectivity index (χ4n) is 6.14. The quantitative estimate of drug-likeness (QED) is 0.104. The Hall–Kier alpha value is -5.11. The van der Waals surface area contributed by atoms with Crippen LogP contribution in [0.15, 0.2) is 97.2 Å². The maximum Gasteiger partial charge on any atom is 0.307 e. The molecule has 1 heterocycles. The van der Waals surface area contributed by atoms with E-state index in [0.29, 0.717) is 32.2 Å². The Morgan fingerprint density at radius 1 is 0.816 bits per heavy atom. The van der Waals surface area contributed by atoms with E-state index in [9.17, 15) is 14.4 Å². The Balaban J connectivity index is 1.30. The largest absolute Gasteiger partial charge is 0.497 e. The molecular weight excluding hydrogens is 614 g/mol. The summed E-state index contributed by atoms with van der Waals surface area (Å²) in [6, 6.07) is 29.3. The number of ether oxygens (including phenoxy) is 2. The van der Waals surface area contributed by atoms with Gasteiger partial charge in [-0.25, -0.2) is 0 Å². The van der Waals surface area contributed by atoms with Gasteiger partial charge in [0.2, 0.25) is 11.8 Å². The third-order valence-electron chi connectivity index (χ3n) is 8.62. The molecule has 8 nitrogen and oxygen atoms in total. The SMILES string of the molecule is COc1ccc2cc(CCCC(CC(=O)OC(C)(C)C)C(=O)NC(Cc3c[nH]c4ccccc34)C(=O)NCCc3ccccc3)ccc2c1. The zero-order valence-electron chi connectivity index (χ0n) is 28.9. The number of aromatic nitrogens is 1. The van der Waals surface area contributed by atoms with E-state index in [1.165, 1.54) is 0 Å². The molecule has 1 aromatic heterocycles. The smallest absolute Gasteiger partial charge is 0.307 e. The number of aryl methyl sites for hydroxylation is 1. The molecule has 0 aliphatic rings. The number of carbonyl (C=O) groups excluding carboxylic acids is 3. The summed E-state index contributed by atoms with van der Waals surface area (Å²) in [5.74, 6) is -0.892. The van der Waals surface area contributed by atoms with Gasteiger partial charge in [0, 0.05) is 36.0 Å². The molecular formula is C41H47N3O5. The molecule has 3 N–H and O–H groups in total. The molecule has 2 atom stereocenters. The molecule has 5 aromatic rings. The molecule has 0 spiro atoms. The van der Waals surface area contributed by atoms with Gasteiger partial charge in [0.25, 0.3) is 0 Å². The van der Waals surface area contributed by atoms with Crippen molar-refractivity contribution in [1.29, 1.82) is 0 Å². The predicted octanol–water partition coefficient (Wildman–Crippen LogP) is 7.09. The van der Waals surface area contributed by atoms with Gasteiger partial charge in [0.15, 0.2) is 0 Å². The normalized spacial score (nSPS) is 12.7.